The molecule has 1 fully saturated rings. The fraction of sp³-hybridized carbons (Fsp3) is 0.533. The summed E-state index contributed by atoms with van der Waals surface area (Å²) >= 11 is 0. The molecule has 1 heterocycles. The number of amides is 1. The van der Waals surface area contributed by atoms with Crippen LogP contribution >= 0.6 is 0 Å². The highest BCUT2D eigenvalue weighted by Crippen LogP contribution is 2.29. The van der Waals surface area contributed by atoms with Crippen molar-refractivity contribution in [2.75, 3.05) is 13.1 Å². The Morgan fingerprint density at radius 3 is 2.76 bits per heavy atom. The number of hydrogen-bond donors (Lipinski definition) is 2. The highest BCUT2D eigenvalue weighted by molar-refractivity contribution is 5.83. The predicted molar refractivity (Wildman–Crippen MR) is 75.2 cm³/mol. The first-order valence-corrected chi connectivity index (χ1v) is 6.98. The van der Waals surface area contributed by atoms with Crippen LogP contribution in [0.3, 0.4) is 0 Å². The highest BCUT2D eigenvalue weighted by atomic mass is 19.3. The van der Waals surface area contributed by atoms with Gasteiger partial charge in [0.25, 0.3) is 0 Å². The van der Waals surface area contributed by atoms with E-state index in [9.17, 15) is 13.6 Å². The topological polar surface area (TPSA) is 50.4 Å². The molecule has 116 valence electrons. The minimum Gasteiger partial charge on any atom is -0.434 e. The number of rotatable bonds is 5. The zero-order valence-electron chi connectivity index (χ0n) is 12.2. The smallest absolute Gasteiger partial charge is 0.387 e. The van der Waals surface area contributed by atoms with E-state index in [1.165, 1.54) is 6.07 Å². The molecule has 2 atom stereocenters. The van der Waals surface area contributed by atoms with E-state index in [1.54, 1.807) is 25.1 Å². The van der Waals surface area contributed by atoms with E-state index >= 15 is 0 Å². The van der Waals surface area contributed by atoms with Crippen molar-refractivity contribution in [1.82, 2.24) is 10.6 Å². The van der Waals surface area contributed by atoms with Crippen molar-refractivity contribution in [2.45, 2.75) is 32.9 Å². The Balaban J connectivity index is 2.09. The Kier molecular flexibility index (Phi) is 4.77. The summed E-state index contributed by atoms with van der Waals surface area (Å²) in [7, 11) is 0. The van der Waals surface area contributed by atoms with Gasteiger partial charge in [0.1, 0.15) is 5.75 Å². The van der Waals surface area contributed by atoms with Crippen LogP contribution in [0.5, 0.6) is 5.75 Å². The average Bonchev–Trinajstić information content (AvgIpc) is 2.87. The second kappa shape index (κ2) is 6.39. The van der Waals surface area contributed by atoms with Gasteiger partial charge in [-0.3, -0.25) is 4.79 Å². The van der Waals surface area contributed by atoms with E-state index in [1.807, 2.05) is 6.92 Å². The second-order valence-electron chi connectivity index (χ2n) is 5.60. The van der Waals surface area contributed by atoms with Crippen LogP contribution in [0, 0.1) is 5.41 Å². The predicted octanol–water partition coefficient (Wildman–Crippen LogP) is 2.46. The number of nitrogens with one attached hydrogen (secondary N) is 2. The Labute approximate surface area is 122 Å². The maximum Gasteiger partial charge on any atom is 0.387 e. The molecule has 1 aliphatic rings. The third-order valence-corrected chi connectivity index (χ3v) is 3.87. The van der Waals surface area contributed by atoms with Crippen LogP contribution in [0.4, 0.5) is 8.78 Å². The molecule has 1 aromatic rings. The van der Waals surface area contributed by atoms with Gasteiger partial charge >= 0.3 is 6.61 Å². The van der Waals surface area contributed by atoms with Crippen LogP contribution in [0.15, 0.2) is 24.3 Å². The molecule has 6 heteroatoms. The van der Waals surface area contributed by atoms with Gasteiger partial charge in [0.05, 0.1) is 11.5 Å². The van der Waals surface area contributed by atoms with Crippen molar-refractivity contribution in [2.24, 2.45) is 5.41 Å². The van der Waals surface area contributed by atoms with E-state index in [2.05, 4.69) is 15.4 Å². The molecule has 2 rings (SSSR count). The highest BCUT2D eigenvalue weighted by Gasteiger charge is 2.37. The summed E-state index contributed by atoms with van der Waals surface area (Å²) in [5.41, 5.74) is 0.0907. The lowest BCUT2D eigenvalue weighted by Crippen LogP contribution is -2.41. The third-order valence-electron chi connectivity index (χ3n) is 3.87. The Morgan fingerprint density at radius 1 is 1.43 bits per heavy atom. The molecule has 21 heavy (non-hydrogen) atoms. The molecule has 1 saturated heterocycles. The largest absolute Gasteiger partial charge is 0.434 e. The standard InChI is InChI=1S/C15H20F2N2O2/c1-10(19-13(20)15(2)7-8-18-9-15)11-5-3-4-6-12(11)21-14(16)17/h3-6,10,14,18H,7-9H2,1-2H3,(H,19,20). The molecule has 0 aromatic heterocycles. The lowest BCUT2D eigenvalue weighted by Gasteiger charge is -2.25. The molecule has 0 spiro atoms. The van der Waals surface area contributed by atoms with Gasteiger partial charge < -0.3 is 15.4 Å². The van der Waals surface area contributed by atoms with Crippen LogP contribution in [0.2, 0.25) is 0 Å². The van der Waals surface area contributed by atoms with E-state index in [-0.39, 0.29) is 11.7 Å². The number of benzene rings is 1. The summed E-state index contributed by atoms with van der Waals surface area (Å²) in [6.45, 7) is 2.21. The van der Waals surface area contributed by atoms with Crippen LogP contribution in [0.25, 0.3) is 0 Å². The van der Waals surface area contributed by atoms with Crippen molar-refractivity contribution < 1.29 is 18.3 Å². The SMILES string of the molecule is CC(NC(=O)C1(C)CCNC1)c1ccccc1OC(F)F. The third kappa shape index (κ3) is 3.69. The number of hydrogen-bond acceptors (Lipinski definition) is 3. The molecule has 0 saturated carbocycles. The monoisotopic (exact) mass is 298 g/mol. The van der Waals surface area contributed by atoms with Gasteiger partial charge in [0.2, 0.25) is 5.91 Å². The van der Waals surface area contributed by atoms with Gasteiger partial charge in [-0.25, -0.2) is 0 Å². The fourth-order valence-corrected chi connectivity index (χ4v) is 2.50. The van der Waals surface area contributed by atoms with Crippen molar-refractivity contribution in [3.05, 3.63) is 29.8 Å². The molecule has 0 radical (unpaired) electrons. The van der Waals surface area contributed by atoms with Crippen LogP contribution in [-0.2, 0) is 4.79 Å². The Morgan fingerprint density at radius 2 is 2.14 bits per heavy atom. The summed E-state index contributed by atoms with van der Waals surface area (Å²) in [5.74, 6) is 0.0156. The van der Waals surface area contributed by atoms with Gasteiger partial charge in [-0.15, -0.1) is 0 Å². The number of alkyl halides is 2. The van der Waals surface area contributed by atoms with Gasteiger partial charge in [0.15, 0.2) is 0 Å². The summed E-state index contributed by atoms with van der Waals surface area (Å²) in [6.07, 6.45) is 0.765. The lowest BCUT2D eigenvalue weighted by molar-refractivity contribution is -0.129. The summed E-state index contributed by atoms with van der Waals surface area (Å²) in [5, 5.41) is 6.05. The molecule has 2 N–H and O–H groups in total. The molecule has 4 nitrogen and oxygen atoms in total. The lowest BCUT2D eigenvalue weighted by atomic mass is 9.88. The average molecular weight is 298 g/mol. The van der Waals surface area contributed by atoms with Crippen LogP contribution in [-0.4, -0.2) is 25.6 Å². The summed E-state index contributed by atoms with van der Waals surface area (Å²) < 4.78 is 29.3. The number of para-hydroxylation sites is 1. The van der Waals surface area contributed by atoms with Crippen LogP contribution in [0.1, 0.15) is 31.9 Å². The minimum atomic E-state index is -2.88. The maximum atomic E-state index is 12.4. The van der Waals surface area contributed by atoms with Gasteiger partial charge in [0, 0.05) is 12.1 Å². The number of carbonyl (C=O) groups excluding carboxylic acids is 1. The zero-order valence-corrected chi connectivity index (χ0v) is 12.2. The van der Waals surface area contributed by atoms with E-state index in [0.29, 0.717) is 12.1 Å². The summed E-state index contributed by atoms with van der Waals surface area (Å²) in [4.78, 5) is 12.3. The van der Waals surface area contributed by atoms with Crippen LogP contribution < -0.4 is 15.4 Å². The van der Waals surface area contributed by atoms with Gasteiger partial charge in [-0.2, -0.15) is 8.78 Å². The van der Waals surface area contributed by atoms with E-state index in [4.69, 9.17) is 0 Å². The molecule has 1 aliphatic heterocycles. The van der Waals surface area contributed by atoms with Crippen molar-refractivity contribution >= 4 is 5.91 Å². The molecule has 0 aliphatic carbocycles. The summed E-state index contributed by atoms with van der Waals surface area (Å²) in [6, 6.07) is 6.11. The number of halogens is 2. The van der Waals surface area contributed by atoms with Gasteiger partial charge in [-0.1, -0.05) is 18.2 Å². The van der Waals surface area contributed by atoms with E-state index < -0.39 is 18.1 Å². The quantitative estimate of drug-likeness (QED) is 0.878. The van der Waals surface area contributed by atoms with Crippen molar-refractivity contribution in [3.63, 3.8) is 0 Å². The first-order chi connectivity index (χ1) is 9.92. The van der Waals surface area contributed by atoms with Crippen molar-refractivity contribution in [3.8, 4) is 5.75 Å². The minimum absolute atomic E-state index is 0.0770. The van der Waals surface area contributed by atoms with Crippen molar-refractivity contribution in [1.29, 1.82) is 0 Å². The molecule has 1 aromatic carbocycles. The molecular formula is C15H20F2N2O2. The second-order valence-corrected chi connectivity index (χ2v) is 5.60. The number of carbonyl (C=O) groups is 1. The van der Waals surface area contributed by atoms with Gasteiger partial charge in [-0.05, 0) is 32.9 Å². The molecule has 0 bridgehead atoms. The normalized spacial score (nSPS) is 23.1. The van der Waals surface area contributed by atoms with E-state index in [0.717, 1.165) is 13.0 Å². The molecule has 2 unspecified atom stereocenters. The molecule has 1 amide bonds. The first-order valence-electron chi connectivity index (χ1n) is 6.98. The first kappa shape index (κ1) is 15.7. The Hall–Kier alpha value is -1.69. The maximum absolute atomic E-state index is 12.4. The molecular weight excluding hydrogens is 278 g/mol. The Bertz CT molecular complexity index is 502. The number of ether oxygens (including phenoxy) is 1. The fourth-order valence-electron chi connectivity index (χ4n) is 2.50. The zero-order chi connectivity index (χ0) is 15.5.